The van der Waals surface area contributed by atoms with Crippen LogP contribution in [0.2, 0.25) is 0 Å². The smallest absolute Gasteiger partial charge is 0.402 e. The fraction of sp³-hybridized carbons (Fsp3) is 0.294. The standard InChI is InChI=1S/C17H17F3O/c1-12-4-6-13(7-5-12)16(2,17(18,19)20)14-8-10-15(21-3)11-9-14/h4-11H,1-3H3. The van der Waals surface area contributed by atoms with Gasteiger partial charge in [0.25, 0.3) is 0 Å². The van der Waals surface area contributed by atoms with Crippen LogP contribution in [0.3, 0.4) is 0 Å². The van der Waals surface area contributed by atoms with Gasteiger partial charge in [0.15, 0.2) is 0 Å². The number of aryl methyl sites for hydroxylation is 1. The Labute approximate surface area is 122 Å². The molecule has 21 heavy (non-hydrogen) atoms. The highest BCUT2D eigenvalue weighted by molar-refractivity contribution is 5.43. The van der Waals surface area contributed by atoms with Gasteiger partial charge in [-0.25, -0.2) is 0 Å². The highest BCUT2D eigenvalue weighted by Crippen LogP contribution is 2.46. The molecule has 0 radical (unpaired) electrons. The Morgan fingerprint density at radius 3 is 1.62 bits per heavy atom. The third-order valence-electron chi connectivity index (χ3n) is 3.86. The van der Waals surface area contributed by atoms with Gasteiger partial charge in [-0.15, -0.1) is 0 Å². The molecule has 0 bridgehead atoms. The van der Waals surface area contributed by atoms with Crippen molar-refractivity contribution in [1.29, 1.82) is 0 Å². The molecular weight excluding hydrogens is 277 g/mol. The molecule has 0 N–H and O–H groups in total. The van der Waals surface area contributed by atoms with Gasteiger partial charge >= 0.3 is 6.18 Å². The zero-order chi connectivity index (χ0) is 15.7. The minimum atomic E-state index is -4.39. The second-order valence-electron chi connectivity index (χ2n) is 5.22. The topological polar surface area (TPSA) is 9.23 Å². The fourth-order valence-corrected chi connectivity index (χ4v) is 2.31. The average Bonchev–Trinajstić information content (AvgIpc) is 2.46. The average molecular weight is 294 g/mol. The zero-order valence-corrected chi connectivity index (χ0v) is 12.2. The maximum Gasteiger partial charge on any atom is 0.402 e. The van der Waals surface area contributed by atoms with E-state index < -0.39 is 11.6 Å². The molecule has 0 spiro atoms. The van der Waals surface area contributed by atoms with Crippen molar-refractivity contribution in [3.05, 3.63) is 65.2 Å². The first-order valence-electron chi connectivity index (χ1n) is 6.57. The summed E-state index contributed by atoms with van der Waals surface area (Å²) in [5.74, 6) is 0.534. The van der Waals surface area contributed by atoms with Crippen LogP contribution in [0.4, 0.5) is 13.2 Å². The van der Waals surface area contributed by atoms with E-state index >= 15 is 0 Å². The molecule has 2 aromatic rings. The van der Waals surface area contributed by atoms with Crippen molar-refractivity contribution < 1.29 is 17.9 Å². The number of rotatable bonds is 3. The lowest BCUT2D eigenvalue weighted by Crippen LogP contribution is -2.40. The Bertz CT molecular complexity index is 599. The molecular formula is C17H17F3O. The summed E-state index contributed by atoms with van der Waals surface area (Å²) in [6, 6.07) is 12.5. The van der Waals surface area contributed by atoms with E-state index in [9.17, 15) is 13.2 Å². The molecule has 0 amide bonds. The summed E-state index contributed by atoms with van der Waals surface area (Å²) in [6.45, 7) is 3.06. The van der Waals surface area contributed by atoms with Crippen LogP contribution in [0, 0.1) is 6.92 Å². The second kappa shape index (κ2) is 5.43. The van der Waals surface area contributed by atoms with Crippen molar-refractivity contribution in [3.8, 4) is 5.75 Å². The molecule has 0 fully saturated rings. The normalized spacial score (nSPS) is 14.6. The molecule has 1 nitrogen and oxygen atoms in total. The third kappa shape index (κ3) is 2.75. The van der Waals surface area contributed by atoms with Gasteiger partial charge in [-0.2, -0.15) is 13.2 Å². The zero-order valence-electron chi connectivity index (χ0n) is 12.2. The van der Waals surface area contributed by atoms with Gasteiger partial charge in [-0.1, -0.05) is 42.0 Å². The van der Waals surface area contributed by atoms with E-state index in [-0.39, 0.29) is 11.1 Å². The summed E-state index contributed by atoms with van der Waals surface area (Å²) < 4.78 is 46.2. The predicted octanol–water partition coefficient (Wildman–Crippen LogP) is 4.87. The van der Waals surface area contributed by atoms with Crippen LogP contribution in [0.15, 0.2) is 48.5 Å². The maximum absolute atomic E-state index is 13.7. The molecule has 4 heteroatoms. The SMILES string of the molecule is COc1ccc(C(C)(c2ccc(C)cc2)C(F)(F)F)cc1. The van der Waals surface area contributed by atoms with E-state index in [0.29, 0.717) is 5.75 Å². The molecule has 112 valence electrons. The van der Waals surface area contributed by atoms with Crippen LogP contribution < -0.4 is 4.74 Å². The molecule has 0 saturated carbocycles. The number of methoxy groups -OCH3 is 1. The molecule has 0 aliphatic rings. The van der Waals surface area contributed by atoms with Crippen molar-refractivity contribution in [2.24, 2.45) is 0 Å². The predicted molar refractivity (Wildman–Crippen MR) is 76.7 cm³/mol. The summed E-state index contributed by atoms with van der Waals surface area (Å²) in [7, 11) is 1.48. The molecule has 0 aromatic heterocycles. The first-order chi connectivity index (χ1) is 9.79. The van der Waals surface area contributed by atoms with Gasteiger partial charge in [-0.3, -0.25) is 0 Å². The molecule has 0 aliphatic heterocycles. The number of alkyl halides is 3. The van der Waals surface area contributed by atoms with Crippen LogP contribution in [-0.2, 0) is 5.41 Å². The van der Waals surface area contributed by atoms with Gasteiger partial charge < -0.3 is 4.74 Å². The van der Waals surface area contributed by atoms with E-state index in [1.54, 1.807) is 24.3 Å². The first kappa shape index (κ1) is 15.4. The molecule has 2 rings (SSSR count). The summed E-state index contributed by atoms with van der Waals surface area (Å²) in [4.78, 5) is 0. The second-order valence-corrected chi connectivity index (χ2v) is 5.22. The molecule has 0 heterocycles. The Balaban J connectivity index is 2.58. The number of benzene rings is 2. The van der Waals surface area contributed by atoms with Gasteiger partial charge in [0.1, 0.15) is 11.2 Å². The van der Waals surface area contributed by atoms with Gasteiger partial charge in [0.2, 0.25) is 0 Å². The Morgan fingerprint density at radius 2 is 1.24 bits per heavy atom. The molecule has 1 unspecified atom stereocenters. The highest BCUT2D eigenvalue weighted by atomic mass is 19.4. The van der Waals surface area contributed by atoms with Crippen molar-refractivity contribution in [1.82, 2.24) is 0 Å². The Hall–Kier alpha value is -1.97. The summed E-state index contributed by atoms with van der Waals surface area (Å²) in [5, 5.41) is 0. The summed E-state index contributed by atoms with van der Waals surface area (Å²) >= 11 is 0. The minimum absolute atomic E-state index is 0.194. The van der Waals surface area contributed by atoms with Crippen LogP contribution in [0.25, 0.3) is 0 Å². The third-order valence-corrected chi connectivity index (χ3v) is 3.86. The molecule has 0 saturated heterocycles. The van der Waals surface area contributed by atoms with Gasteiger partial charge in [0.05, 0.1) is 7.11 Å². The highest BCUT2D eigenvalue weighted by Gasteiger charge is 2.53. The van der Waals surface area contributed by atoms with Crippen molar-refractivity contribution in [2.45, 2.75) is 25.4 Å². The Morgan fingerprint density at radius 1 is 0.810 bits per heavy atom. The fourth-order valence-electron chi connectivity index (χ4n) is 2.31. The van der Waals surface area contributed by atoms with Crippen LogP contribution in [-0.4, -0.2) is 13.3 Å². The monoisotopic (exact) mass is 294 g/mol. The molecule has 0 aliphatic carbocycles. The van der Waals surface area contributed by atoms with Crippen molar-refractivity contribution in [2.75, 3.05) is 7.11 Å². The summed E-state index contributed by atoms with van der Waals surface area (Å²) in [5.41, 5.74) is -0.698. The van der Waals surface area contributed by atoms with E-state index in [2.05, 4.69) is 0 Å². The van der Waals surface area contributed by atoms with Crippen LogP contribution in [0.5, 0.6) is 5.75 Å². The van der Waals surface area contributed by atoms with Crippen molar-refractivity contribution >= 4 is 0 Å². The minimum Gasteiger partial charge on any atom is -0.497 e. The lowest BCUT2D eigenvalue weighted by molar-refractivity contribution is -0.173. The molecule has 1 atom stereocenters. The lowest BCUT2D eigenvalue weighted by atomic mass is 9.75. The first-order valence-corrected chi connectivity index (χ1v) is 6.57. The quantitative estimate of drug-likeness (QED) is 0.784. The lowest BCUT2D eigenvalue weighted by Gasteiger charge is -2.33. The number of halogens is 3. The van der Waals surface area contributed by atoms with Gasteiger partial charge in [0, 0.05) is 0 Å². The van der Waals surface area contributed by atoms with E-state index in [1.807, 2.05) is 6.92 Å². The number of hydrogen-bond donors (Lipinski definition) is 0. The Kier molecular flexibility index (Phi) is 3.99. The number of ether oxygens (including phenoxy) is 1. The molecule has 2 aromatic carbocycles. The number of hydrogen-bond acceptors (Lipinski definition) is 1. The van der Waals surface area contributed by atoms with E-state index in [0.717, 1.165) is 5.56 Å². The summed E-state index contributed by atoms with van der Waals surface area (Å²) in [6.07, 6.45) is -4.39. The van der Waals surface area contributed by atoms with Crippen LogP contribution >= 0.6 is 0 Å². The van der Waals surface area contributed by atoms with E-state index in [1.165, 1.54) is 38.3 Å². The van der Waals surface area contributed by atoms with E-state index in [4.69, 9.17) is 4.74 Å². The van der Waals surface area contributed by atoms with Crippen molar-refractivity contribution in [3.63, 3.8) is 0 Å². The largest absolute Gasteiger partial charge is 0.497 e. The van der Waals surface area contributed by atoms with Crippen LogP contribution in [0.1, 0.15) is 23.6 Å². The maximum atomic E-state index is 13.7. The van der Waals surface area contributed by atoms with Gasteiger partial charge in [-0.05, 0) is 37.1 Å².